The van der Waals surface area contributed by atoms with Gasteiger partial charge in [0.2, 0.25) is 17.7 Å². The first-order chi connectivity index (χ1) is 10.0. The summed E-state index contributed by atoms with van der Waals surface area (Å²) < 4.78 is 10.00. The van der Waals surface area contributed by atoms with E-state index in [0.717, 1.165) is 0 Å². The molecule has 1 heterocycles. The van der Waals surface area contributed by atoms with Gasteiger partial charge >= 0.3 is 0 Å². The average molecular weight is 309 g/mol. The van der Waals surface area contributed by atoms with E-state index in [1.807, 2.05) is 0 Å². The minimum Gasteiger partial charge on any atom is -0.481 e. The van der Waals surface area contributed by atoms with Crippen LogP contribution in [-0.2, 0) is 0 Å². The third kappa shape index (κ3) is 3.32. The number of aromatic nitrogens is 2. The zero-order valence-corrected chi connectivity index (χ0v) is 12.1. The van der Waals surface area contributed by atoms with E-state index >= 15 is 0 Å². The van der Waals surface area contributed by atoms with Crippen molar-refractivity contribution in [2.45, 2.75) is 0 Å². The molecule has 2 aromatic rings. The quantitative estimate of drug-likeness (QED) is 0.838. The second kappa shape index (κ2) is 6.27. The van der Waals surface area contributed by atoms with Crippen molar-refractivity contribution in [2.75, 3.05) is 25.3 Å². The molecule has 8 heteroatoms. The fourth-order valence-corrected chi connectivity index (χ4v) is 1.75. The van der Waals surface area contributed by atoms with E-state index in [-0.39, 0.29) is 29.0 Å². The number of amides is 1. The van der Waals surface area contributed by atoms with Crippen molar-refractivity contribution in [3.8, 4) is 11.8 Å². The van der Waals surface area contributed by atoms with Crippen molar-refractivity contribution in [3.05, 3.63) is 34.9 Å². The van der Waals surface area contributed by atoms with E-state index in [4.69, 9.17) is 26.8 Å². The molecule has 3 N–H and O–H groups in total. The Bertz CT molecular complexity index is 656. The van der Waals surface area contributed by atoms with Crippen LogP contribution < -0.4 is 20.5 Å². The number of halogens is 1. The van der Waals surface area contributed by atoms with E-state index in [1.54, 1.807) is 18.2 Å². The molecule has 0 unspecified atom stereocenters. The van der Waals surface area contributed by atoms with Crippen molar-refractivity contribution in [1.29, 1.82) is 0 Å². The number of benzene rings is 1. The Labute approximate surface area is 126 Å². The number of ether oxygens (including phenoxy) is 2. The maximum absolute atomic E-state index is 12.2. The second-order valence-electron chi connectivity index (χ2n) is 3.93. The number of para-hydroxylation sites is 1. The minimum absolute atomic E-state index is 0.0376. The molecule has 0 atom stereocenters. The maximum Gasteiger partial charge on any atom is 0.260 e. The van der Waals surface area contributed by atoms with Gasteiger partial charge in [0.05, 0.1) is 36.6 Å². The Morgan fingerprint density at radius 2 is 1.86 bits per heavy atom. The average Bonchev–Trinajstić information content (AvgIpc) is 2.49. The van der Waals surface area contributed by atoms with Crippen molar-refractivity contribution >= 4 is 29.1 Å². The number of nitrogen functional groups attached to an aromatic ring is 1. The van der Waals surface area contributed by atoms with Gasteiger partial charge in [-0.1, -0.05) is 17.7 Å². The number of anilines is 2. The van der Waals surface area contributed by atoms with Gasteiger partial charge in [-0.15, -0.1) is 0 Å². The highest BCUT2D eigenvalue weighted by molar-refractivity contribution is 6.34. The summed E-state index contributed by atoms with van der Waals surface area (Å²) in [6.45, 7) is 0. The van der Waals surface area contributed by atoms with Gasteiger partial charge in [-0.2, -0.15) is 9.97 Å². The monoisotopic (exact) mass is 308 g/mol. The molecule has 0 fully saturated rings. The van der Waals surface area contributed by atoms with Crippen LogP contribution in [0.4, 0.5) is 11.6 Å². The Morgan fingerprint density at radius 3 is 2.43 bits per heavy atom. The van der Waals surface area contributed by atoms with Crippen LogP contribution in [-0.4, -0.2) is 30.1 Å². The Kier molecular flexibility index (Phi) is 4.44. The van der Waals surface area contributed by atoms with Crippen molar-refractivity contribution in [1.82, 2.24) is 9.97 Å². The first-order valence-electron chi connectivity index (χ1n) is 5.87. The number of nitrogens with zero attached hydrogens (tertiary/aromatic N) is 2. The molecule has 0 aliphatic carbocycles. The lowest BCUT2D eigenvalue weighted by atomic mass is 10.1. The highest BCUT2D eigenvalue weighted by Gasteiger charge is 2.14. The lowest BCUT2D eigenvalue weighted by molar-refractivity contribution is 0.102. The molecule has 1 aromatic carbocycles. The van der Waals surface area contributed by atoms with Crippen LogP contribution in [0.3, 0.4) is 0 Å². The molecule has 0 aliphatic rings. The lowest BCUT2D eigenvalue weighted by Crippen LogP contribution is -2.16. The number of rotatable bonds is 4. The largest absolute Gasteiger partial charge is 0.481 e. The number of hydrogen-bond donors (Lipinski definition) is 2. The van der Waals surface area contributed by atoms with Crippen molar-refractivity contribution in [2.24, 2.45) is 0 Å². The molecule has 1 aromatic heterocycles. The number of carbonyl (C=O) groups excluding carboxylic acids is 1. The fourth-order valence-electron chi connectivity index (χ4n) is 1.57. The van der Waals surface area contributed by atoms with Gasteiger partial charge in [-0.05, 0) is 12.1 Å². The highest BCUT2D eigenvalue weighted by Crippen LogP contribution is 2.23. The summed E-state index contributed by atoms with van der Waals surface area (Å²) in [7, 11) is 2.89. The highest BCUT2D eigenvalue weighted by atomic mass is 35.5. The van der Waals surface area contributed by atoms with E-state index in [9.17, 15) is 4.79 Å². The number of nitrogens with one attached hydrogen (secondary N) is 1. The minimum atomic E-state index is -0.481. The number of carbonyl (C=O) groups is 1. The number of methoxy groups -OCH3 is 2. The van der Waals surface area contributed by atoms with Crippen LogP contribution in [0.5, 0.6) is 11.8 Å². The molecular formula is C13H13ClN4O3. The molecule has 0 bridgehead atoms. The molecule has 7 nitrogen and oxygen atoms in total. The SMILES string of the molecule is COc1cc(OC)nc(NC(=O)c2cccc(Cl)c2N)n1. The fraction of sp³-hybridized carbons (Fsp3) is 0.154. The molecule has 0 aliphatic heterocycles. The van der Waals surface area contributed by atoms with Gasteiger partial charge in [0.1, 0.15) is 0 Å². The molecule has 0 spiro atoms. The smallest absolute Gasteiger partial charge is 0.260 e. The first-order valence-corrected chi connectivity index (χ1v) is 6.25. The normalized spacial score (nSPS) is 10.0. The molecule has 110 valence electrons. The summed E-state index contributed by atoms with van der Waals surface area (Å²) in [5.41, 5.74) is 6.18. The van der Waals surface area contributed by atoms with E-state index in [1.165, 1.54) is 20.3 Å². The Morgan fingerprint density at radius 1 is 1.24 bits per heavy atom. The van der Waals surface area contributed by atoms with Crippen LogP contribution >= 0.6 is 11.6 Å². The van der Waals surface area contributed by atoms with Crippen LogP contribution in [0.25, 0.3) is 0 Å². The van der Waals surface area contributed by atoms with E-state index < -0.39 is 5.91 Å². The summed E-state index contributed by atoms with van der Waals surface area (Å²) in [4.78, 5) is 20.2. The Balaban J connectivity index is 2.29. The molecule has 0 saturated carbocycles. The van der Waals surface area contributed by atoms with Crippen molar-refractivity contribution < 1.29 is 14.3 Å². The molecule has 1 amide bonds. The lowest BCUT2D eigenvalue weighted by Gasteiger charge is -2.09. The van der Waals surface area contributed by atoms with Gasteiger partial charge in [0, 0.05) is 0 Å². The second-order valence-corrected chi connectivity index (χ2v) is 4.34. The molecular weight excluding hydrogens is 296 g/mol. The topological polar surface area (TPSA) is 99.4 Å². The molecule has 21 heavy (non-hydrogen) atoms. The zero-order chi connectivity index (χ0) is 15.4. The third-order valence-corrected chi connectivity index (χ3v) is 2.95. The predicted molar refractivity (Wildman–Crippen MR) is 79.0 cm³/mol. The van der Waals surface area contributed by atoms with Crippen LogP contribution in [0, 0.1) is 0 Å². The van der Waals surface area contributed by atoms with E-state index in [2.05, 4.69) is 15.3 Å². The summed E-state index contributed by atoms with van der Waals surface area (Å²) in [6.07, 6.45) is 0. The first kappa shape index (κ1) is 14.9. The maximum atomic E-state index is 12.2. The molecule has 0 radical (unpaired) electrons. The third-order valence-electron chi connectivity index (χ3n) is 2.62. The number of hydrogen-bond acceptors (Lipinski definition) is 6. The molecule has 2 rings (SSSR count). The summed E-state index contributed by atoms with van der Waals surface area (Å²) in [5, 5.41) is 2.81. The van der Waals surface area contributed by atoms with Crippen molar-refractivity contribution in [3.63, 3.8) is 0 Å². The number of nitrogens with two attached hydrogens (primary N) is 1. The van der Waals surface area contributed by atoms with E-state index in [0.29, 0.717) is 5.02 Å². The zero-order valence-electron chi connectivity index (χ0n) is 11.4. The summed E-state index contributed by atoms with van der Waals surface area (Å²) in [6, 6.07) is 6.26. The van der Waals surface area contributed by atoms with Crippen LogP contribution in [0.15, 0.2) is 24.3 Å². The van der Waals surface area contributed by atoms with Gasteiger partial charge in [0.25, 0.3) is 5.91 Å². The molecule has 0 saturated heterocycles. The Hall–Kier alpha value is -2.54. The van der Waals surface area contributed by atoms with Crippen LogP contribution in [0.2, 0.25) is 5.02 Å². The van der Waals surface area contributed by atoms with Gasteiger partial charge in [-0.3, -0.25) is 10.1 Å². The summed E-state index contributed by atoms with van der Waals surface area (Å²) in [5.74, 6) is 0.0771. The standard InChI is InChI=1S/C13H13ClN4O3/c1-20-9-6-10(21-2)17-13(16-9)18-12(19)7-4-3-5-8(14)11(7)15/h3-6H,15H2,1-2H3,(H,16,17,18,19). The van der Waals surface area contributed by atoms with Gasteiger partial charge in [-0.25, -0.2) is 0 Å². The van der Waals surface area contributed by atoms with Gasteiger partial charge < -0.3 is 15.2 Å². The van der Waals surface area contributed by atoms with Crippen LogP contribution in [0.1, 0.15) is 10.4 Å². The summed E-state index contributed by atoms with van der Waals surface area (Å²) >= 11 is 5.88. The predicted octanol–water partition coefficient (Wildman–Crippen LogP) is 1.98. The van der Waals surface area contributed by atoms with Gasteiger partial charge in [0.15, 0.2) is 0 Å².